The first kappa shape index (κ1) is 12.0. The Kier molecular flexibility index (Phi) is 4.94. The molecule has 0 amide bonds. The van der Waals surface area contributed by atoms with Crippen molar-refractivity contribution in [3.63, 3.8) is 0 Å². The zero-order chi connectivity index (χ0) is 10.4. The monoisotopic (exact) mass is 198 g/mol. The first-order chi connectivity index (χ1) is 6.71. The molecule has 1 atom stereocenters. The summed E-state index contributed by atoms with van der Waals surface area (Å²) in [4.78, 5) is 0. The molecule has 1 saturated carbocycles. The van der Waals surface area contributed by atoms with Gasteiger partial charge in [-0.05, 0) is 31.6 Å². The van der Waals surface area contributed by atoms with Crippen LogP contribution in [0.2, 0.25) is 0 Å². The average molecular weight is 198 g/mol. The molecule has 0 radical (unpaired) electrons. The number of unbranched alkanes of at least 4 members (excludes halogenated alkanes) is 2. The maximum absolute atomic E-state index is 9.93. The summed E-state index contributed by atoms with van der Waals surface area (Å²) in [5.74, 6) is 0. The first-order valence-electron chi connectivity index (χ1n) is 6.39. The third-order valence-electron chi connectivity index (χ3n) is 4.01. The smallest absolute Gasteiger partial charge is 0.0568 e. The number of hydrogen-bond acceptors (Lipinski definition) is 1. The van der Waals surface area contributed by atoms with Gasteiger partial charge in [0.2, 0.25) is 0 Å². The van der Waals surface area contributed by atoms with E-state index < -0.39 is 0 Å². The molecule has 1 fully saturated rings. The van der Waals surface area contributed by atoms with Gasteiger partial charge in [-0.25, -0.2) is 0 Å². The van der Waals surface area contributed by atoms with E-state index >= 15 is 0 Å². The van der Waals surface area contributed by atoms with Gasteiger partial charge in [-0.2, -0.15) is 0 Å². The third kappa shape index (κ3) is 2.98. The van der Waals surface area contributed by atoms with Crippen LogP contribution in [0.5, 0.6) is 0 Å². The SMILES string of the molecule is CCCCCC1(C(C)O)CCCCC1. The largest absolute Gasteiger partial charge is 0.393 e. The molecule has 1 unspecified atom stereocenters. The van der Waals surface area contributed by atoms with Crippen LogP contribution in [0.4, 0.5) is 0 Å². The molecule has 1 rings (SSSR count). The van der Waals surface area contributed by atoms with Crippen LogP contribution in [0.3, 0.4) is 0 Å². The molecule has 1 N–H and O–H groups in total. The van der Waals surface area contributed by atoms with Gasteiger partial charge in [0, 0.05) is 0 Å². The maximum Gasteiger partial charge on any atom is 0.0568 e. The van der Waals surface area contributed by atoms with Gasteiger partial charge in [0.15, 0.2) is 0 Å². The van der Waals surface area contributed by atoms with Gasteiger partial charge in [-0.15, -0.1) is 0 Å². The summed E-state index contributed by atoms with van der Waals surface area (Å²) >= 11 is 0. The van der Waals surface area contributed by atoms with Crippen molar-refractivity contribution < 1.29 is 5.11 Å². The molecule has 14 heavy (non-hydrogen) atoms. The molecular weight excluding hydrogens is 172 g/mol. The fourth-order valence-corrected chi connectivity index (χ4v) is 2.86. The Morgan fingerprint density at radius 1 is 1.14 bits per heavy atom. The minimum Gasteiger partial charge on any atom is -0.393 e. The van der Waals surface area contributed by atoms with Crippen molar-refractivity contribution >= 4 is 0 Å². The number of rotatable bonds is 5. The van der Waals surface area contributed by atoms with Gasteiger partial charge in [-0.1, -0.05) is 45.4 Å². The van der Waals surface area contributed by atoms with Crippen molar-refractivity contribution in [3.8, 4) is 0 Å². The Hall–Kier alpha value is -0.0400. The molecule has 0 aliphatic heterocycles. The second-order valence-corrected chi connectivity index (χ2v) is 5.06. The Balaban J connectivity index is 2.43. The first-order valence-corrected chi connectivity index (χ1v) is 6.39. The summed E-state index contributed by atoms with van der Waals surface area (Å²) in [5.41, 5.74) is 0.285. The molecular formula is C13H26O. The molecule has 1 nitrogen and oxygen atoms in total. The normalized spacial score (nSPS) is 23.4. The second kappa shape index (κ2) is 5.75. The van der Waals surface area contributed by atoms with Crippen LogP contribution >= 0.6 is 0 Å². The minimum atomic E-state index is -0.0975. The van der Waals surface area contributed by atoms with Crippen LogP contribution in [-0.2, 0) is 0 Å². The third-order valence-corrected chi connectivity index (χ3v) is 4.01. The maximum atomic E-state index is 9.93. The highest BCUT2D eigenvalue weighted by molar-refractivity contribution is 4.86. The predicted octanol–water partition coefficient (Wildman–Crippen LogP) is 3.90. The molecule has 0 aromatic heterocycles. The number of aliphatic hydroxyl groups excluding tert-OH is 1. The van der Waals surface area contributed by atoms with E-state index in [2.05, 4.69) is 6.92 Å². The fourth-order valence-electron chi connectivity index (χ4n) is 2.86. The predicted molar refractivity (Wildman–Crippen MR) is 61.3 cm³/mol. The van der Waals surface area contributed by atoms with Gasteiger partial charge >= 0.3 is 0 Å². The Labute approximate surface area is 88.9 Å². The van der Waals surface area contributed by atoms with Crippen molar-refractivity contribution in [3.05, 3.63) is 0 Å². The van der Waals surface area contributed by atoms with Crippen LogP contribution in [0, 0.1) is 5.41 Å². The molecule has 0 bridgehead atoms. The lowest BCUT2D eigenvalue weighted by Gasteiger charge is -2.40. The molecule has 1 aliphatic rings. The quantitative estimate of drug-likeness (QED) is 0.664. The topological polar surface area (TPSA) is 20.2 Å². The van der Waals surface area contributed by atoms with E-state index in [4.69, 9.17) is 0 Å². The summed E-state index contributed by atoms with van der Waals surface area (Å²) in [7, 11) is 0. The second-order valence-electron chi connectivity index (χ2n) is 5.06. The highest BCUT2D eigenvalue weighted by atomic mass is 16.3. The van der Waals surface area contributed by atoms with E-state index in [1.54, 1.807) is 0 Å². The van der Waals surface area contributed by atoms with Crippen molar-refractivity contribution in [1.29, 1.82) is 0 Å². The van der Waals surface area contributed by atoms with Crippen molar-refractivity contribution in [2.45, 2.75) is 77.7 Å². The van der Waals surface area contributed by atoms with E-state index in [9.17, 15) is 5.11 Å². The molecule has 84 valence electrons. The van der Waals surface area contributed by atoms with E-state index in [-0.39, 0.29) is 11.5 Å². The lowest BCUT2D eigenvalue weighted by atomic mass is 9.68. The molecule has 1 heteroatoms. The molecule has 0 aromatic rings. The molecule has 0 spiro atoms. The summed E-state index contributed by atoms with van der Waals surface area (Å²) in [6.45, 7) is 4.24. The fraction of sp³-hybridized carbons (Fsp3) is 1.00. The minimum absolute atomic E-state index is 0.0975. The van der Waals surface area contributed by atoms with Crippen LogP contribution in [0.15, 0.2) is 0 Å². The van der Waals surface area contributed by atoms with Gasteiger partial charge < -0.3 is 5.11 Å². The lowest BCUT2D eigenvalue weighted by molar-refractivity contribution is 0.000137. The molecule has 1 aliphatic carbocycles. The summed E-state index contributed by atoms with van der Waals surface area (Å²) in [6.07, 6.45) is 11.6. The molecule has 0 saturated heterocycles. The van der Waals surface area contributed by atoms with E-state index in [0.29, 0.717) is 0 Å². The van der Waals surface area contributed by atoms with Gasteiger partial charge in [0.1, 0.15) is 0 Å². The summed E-state index contributed by atoms with van der Waals surface area (Å²) in [6, 6.07) is 0. The molecule has 0 aromatic carbocycles. The highest BCUT2D eigenvalue weighted by Crippen LogP contribution is 2.43. The van der Waals surface area contributed by atoms with Crippen molar-refractivity contribution in [2.75, 3.05) is 0 Å². The van der Waals surface area contributed by atoms with E-state index in [1.807, 2.05) is 6.92 Å². The molecule has 0 heterocycles. The van der Waals surface area contributed by atoms with Crippen LogP contribution in [0.25, 0.3) is 0 Å². The standard InChI is InChI=1S/C13H26O/c1-3-4-6-9-13(12(2)14)10-7-5-8-11-13/h12,14H,3-11H2,1-2H3. The van der Waals surface area contributed by atoms with E-state index in [1.165, 1.54) is 57.8 Å². The Morgan fingerprint density at radius 2 is 1.79 bits per heavy atom. The number of hydrogen-bond donors (Lipinski definition) is 1. The van der Waals surface area contributed by atoms with Crippen LogP contribution < -0.4 is 0 Å². The zero-order valence-electron chi connectivity index (χ0n) is 9.89. The van der Waals surface area contributed by atoms with Crippen LogP contribution in [0.1, 0.15) is 71.6 Å². The van der Waals surface area contributed by atoms with Crippen molar-refractivity contribution in [1.82, 2.24) is 0 Å². The Morgan fingerprint density at radius 3 is 2.29 bits per heavy atom. The summed E-state index contributed by atoms with van der Waals surface area (Å²) < 4.78 is 0. The Bertz CT molecular complexity index is 145. The zero-order valence-corrected chi connectivity index (χ0v) is 9.89. The summed E-state index contributed by atoms with van der Waals surface area (Å²) in [5, 5.41) is 9.93. The average Bonchev–Trinajstić information content (AvgIpc) is 2.19. The number of aliphatic hydroxyl groups is 1. The highest BCUT2D eigenvalue weighted by Gasteiger charge is 2.35. The van der Waals surface area contributed by atoms with Crippen molar-refractivity contribution in [2.24, 2.45) is 5.41 Å². The van der Waals surface area contributed by atoms with Gasteiger partial charge in [0.05, 0.1) is 6.10 Å². The van der Waals surface area contributed by atoms with Gasteiger partial charge in [0.25, 0.3) is 0 Å². The van der Waals surface area contributed by atoms with E-state index in [0.717, 1.165) is 0 Å². The lowest BCUT2D eigenvalue weighted by Crippen LogP contribution is -2.35. The van der Waals surface area contributed by atoms with Crippen LogP contribution in [-0.4, -0.2) is 11.2 Å². The van der Waals surface area contributed by atoms with Gasteiger partial charge in [-0.3, -0.25) is 0 Å².